The molecule has 2 atom stereocenters. The minimum absolute atomic E-state index is 0.214. The maximum absolute atomic E-state index is 11.3. The van der Waals surface area contributed by atoms with Crippen molar-refractivity contribution in [2.75, 3.05) is 6.54 Å². The summed E-state index contributed by atoms with van der Waals surface area (Å²) in [6.45, 7) is 4.89. The molecule has 15 heavy (non-hydrogen) atoms. The average Bonchev–Trinajstić information content (AvgIpc) is 2.53. The summed E-state index contributed by atoms with van der Waals surface area (Å²) >= 11 is 0. The van der Waals surface area contributed by atoms with Crippen molar-refractivity contribution in [3.8, 4) is 0 Å². The lowest BCUT2D eigenvalue weighted by Crippen LogP contribution is -2.40. The maximum atomic E-state index is 11.3. The zero-order valence-electron chi connectivity index (χ0n) is 9.21. The molecule has 0 saturated heterocycles. The molecule has 2 rings (SSSR count). The second-order valence-electron chi connectivity index (χ2n) is 4.21. The van der Waals surface area contributed by atoms with Crippen LogP contribution in [0.4, 0.5) is 0 Å². The first kappa shape index (κ1) is 10.2. The van der Waals surface area contributed by atoms with E-state index in [2.05, 4.69) is 17.2 Å². The summed E-state index contributed by atoms with van der Waals surface area (Å²) in [4.78, 5) is 15.7. The van der Waals surface area contributed by atoms with Crippen LogP contribution in [0.15, 0.2) is 16.3 Å². The standard InChI is InChI=1S/C11H17N3O/c1-3-7-4-5-13-10-8(11(12)15)6(2)14-9(7)10/h7,9,14H,3-5H2,1-2H3,(H2,12,15)/t7?,9-/m1/s1. The third-order valence-electron chi connectivity index (χ3n) is 3.32. The van der Waals surface area contributed by atoms with Gasteiger partial charge in [-0.05, 0) is 19.3 Å². The van der Waals surface area contributed by atoms with Gasteiger partial charge in [-0.15, -0.1) is 0 Å². The molecule has 2 heterocycles. The van der Waals surface area contributed by atoms with E-state index in [0.29, 0.717) is 11.5 Å². The van der Waals surface area contributed by atoms with Crippen LogP contribution in [0.1, 0.15) is 26.7 Å². The van der Waals surface area contributed by atoms with Gasteiger partial charge >= 0.3 is 0 Å². The second-order valence-corrected chi connectivity index (χ2v) is 4.21. The van der Waals surface area contributed by atoms with Crippen molar-refractivity contribution in [1.82, 2.24) is 5.32 Å². The van der Waals surface area contributed by atoms with Crippen LogP contribution in [0, 0.1) is 5.92 Å². The lowest BCUT2D eigenvalue weighted by molar-refractivity contribution is -0.114. The summed E-state index contributed by atoms with van der Waals surface area (Å²) in [6, 6.07) is 0.214. The number of allylic oxidation sites excluding steroid dienone is 1. The van der Waals surface area contributed by atoms with E-state index in [1.165, 1.54) is 0 Å². The summed E-state index contributed by atoms with van der Waals surface area (Å²) in [6.07, 6.45) is 2.20. The minimum atomic E-state index is -0.363. The Morgan fingerprint density at radius 2 is 2.40 bits per heavy atom. The Bertz CT molecular complexity index is 357. The number of nitrogens with one attached hydrogen (secondary N) is 1. The van der Waals surface area contributed by atoms with E-state index in [4.69, 9.17) is 5.73 Å². The molecular weight excluding hydrogens is 190 g/mol. The molecule has 0 bridgehead atoms. The Labute approximate surface area is 89.6 Å². The highest BCUT2D eigenvalue weighted by Crippen LogP contribution is 2.28. The molecule has 4 heteroatoms. The molecule has 2 aliphatic rings. The largest absolute Gasteiger partial charge is 0.379 e. The number of carbonyl (C=O) groups excluding carboxylic acids is 1. The summed E-state index contributed by atoms with van der Waals surface area (Å²) in [5, 5.41) is 3.34. The number of hydrogen-bond acceptors (Lipinski definition) is 3. The highest BCUT2D eigenvalue weighted by molar-refractivity contribution is 6.25. The highest BCUT2D eigenvalue weighted by atomic mass is 16.1. The van der Waals surface area contributed by atoms with E-state index in [9.17, 15) is 4.79 Å². The second kappa shape index (κ2) is 3.68. The van der Waals surface area contributed by atoms with Crippen molar-refractivity contribution in [3.63, 3.8) is 0 Å². The van der Waals surface area contributed by atoms with Crippen molar-refractivity contribution < 1.29 is 4.79 Å². The number of primary amides is 1. The topological polar surface area (TPSA) is 67.5 Å². The molecule has 0 aromatic heterocycles. The Hall–Kier alpha value is -1.32. The van der Waals surface area contributed by atoms with Gasteiger partial charge in [0.25, 0.3) is 5.91 Å². The van der Waals surface area contributed by atoms with Crippen LogP contribution in [-0.4, -0.2) is 24.2 Å². The van der Waals surface area contributed by atoms with Crippen molar-refractivity contribution in [2.45, 2.75) is 32.7 Å². The van der Waals surface area contributed by atoms with Gasteiger partial charge < -0.3 is 11.1 Å². The van der Waals surface area contributed by atoms with Gasteiger partial charge in [-0.1, -0.05) is 13.3 Å². The van der Waals surface area contributed by atoms with Crippen LogP contribution in [0.25, 0.3) is 0 Å². The molecule has 1 unspecified atom stereocenters. The Morgan fingerprint density at radius 1 is 1.67 bits per heavy atom. The van der Waals surface area contributed by atoms with E-state index in [1.54, 1.807) is 0 Å². The van der Waals surface area contributed by atoms with Crippen LogP contribution in [0.3, 0.4) is 0 Å². The van der Waals surface area contributed by atoms with Crippen LogP contribution in [0.2, 0.25) is 0 Å². The van der Waals surface area contributed by atoms with E-state index in [-0.39, 0.29) is 11.9 Å². The number of nitrogens with zero attached hydrogens (tertiary/aromatic N) is 1. The van der Waals surface area contributed by atoms with Gasteiger partial charge in [0.15, 0.2) is 0 Å². The molecule has 82 valence electrons. The fourth-order valence-corrected chi connectivity index (χ4v) is 2.51. The molecule has 0 radical (unpaired) electrons. The number of nitrogens with two attached hydrogens (primary N) is 1. The van der Waals surface area contributed by atoms with E-state index in [0.717, 1.165) is 30.8 Å². The van der Waals surface area contributed by atoms with Gasteiger partial charge in [0, 0.05) is 12.2 Å². The fraction of sp³-hybridized carbons (Fsp3) is 0.636. The molecule has 1 amide bonds. The van der Waals surface area contributed by atoms with Gasteiger partial charge in [-0.3, -0.25) is 9.79 Å². The predicted molar refractivity (Wildman–Crippen MR) is 59.5 cm³/mol. The monoisotopic (exact) mass is 207 g/mol. The first-order chi connectivity index (χ1) is 7.15. The lowest BCUT2D eigenvalue weighted by Gasteiger charge is -2.27. The molecule has 3 N–H and O–H groups in total. The Morgan fingerprint density at radius 3 is 3.00 bits per heavy atom. The predicted octanol–water partition coefficient (Wildman–Crippen LogP) is 0.588. The van der Waals surface area contributed by atoms with Crippen molar-refractivity contribution in [3.05, 3.63) is 11.3 Å². The molecule has 0 aromatic rings. The molecule has 0 spiro atoms. The van der Waals surface area contributed by atoms with Crippen molar-refractivity contribution in [1.29, 1.82) is 0 Å². The van der Waals surface area contributed by atoms with Crippen molar-refractivity contribution in [2.24, 2.45) is 16.6 Å². The molecule has 0 aliphatic carbocycles. The number of amides is 1. The van der Waals surface area contributed by atoms with Crippen molar-refractivity contribution >= 4 is 11.6 Å². The van der Waals surface area contributed by atoms with Crippen LogP contribution < -0.4 is 11.1 Å². The molecule has 0 fully saturated rings. The summed E-state index contributed by atoms with van der Waals surface area (Å²) in [5.41, 5.74) is 7.74. The van der Waals surface area contributed by atoms with Crippen LogP contribution in [-0.2, 0) is 4.79 Å². The Kier molecular flexibility index (Phi) is 2.50. The normalized spacial score (nSPS) is 29.6. The third-order valence-corrected chi connectivity index (χ3v) is 3.32. The summed E-state index contributed by atoms with van der Waals surface area (Å²) in [7, 11) is 0. The van der Waals surface area contributed by atoms with E-state index in [1.807, 2.05) is 6.92 Å². The molecule has 0 saturated carbocycles. The quantitative estimate of drug-likeness (QED) is 0.696. The van der Waals surface area contributed by atoms with E-state index >= 15 is 0 Å². The third kappa shape index (κ3) is 1.54. The Balaban J connectivity index is 2.33. The van der Waals surface area contributed by atoms with Gasteiger partial charge in [0.2, 0.25) is 0 Å². The molecule has 0 aromatic carbocycles. The van der Waals surface area contributed by atoms with Gasteiger partial charge in [0.1, 0.15) is 0 Å². The first-order valence-electron chi connectivity index (χ1n) is 5.47. The smallest absolute Gasteiger partial charge is 0.252 e. The first-order valence-corrected chi connectivity index (χ1v) is 5.47. The van der Waals surface area contributed by atoms with Gasteiger partial charge in [-0.2, -0.15) is 0 Å². The highest BCUT2D eigenvalue weighted by Gasteiger charge is 2.37. The molecular formula is C11H17N3O. The number of rotatable bonds is 2. The SMILES string of the molecule is CCC1CCN=C2C(C(N)=O)=C(C)N[C@@H]21. The zero-order valence-corrected chi connectivity index (χ0v) is 9.21. The minimum Gasteiger partial charge on any atom is -0.379 e. The van der Waals surface area contributed by atoms with Gasteiger partial charge in [0.05, 0.1) is 17.3 Å². The number of fused-ring (bicyclic) bond motifs is 1. The molecule has 2 aliphatic heterocycles. The number of hydrogen-bond donors (Lipinski definition) is 2. The maximum Gasteiger partial charge on any atom is 0.252 e. The lowest BCUT2D eigenvalue weighted by atomic mass is 9.87. The number of aliphatic imine (C=N–C) groups is 1. The zero-order chi connectivity index (χ0) is 11.0. The van der Waals surface area contributed by atoms with E-state index < -0.39 is 0 Å². The summed E-state index contributed by atoms with van der Waals surface area (Å²) < 4.78 is 0. The van der Waals surface area contributed by atoms with Crippen LogP contribution >= 0.6 is 0 Å². The molecule has 4 nitrogen and oxygen atoms in total. The number of carbonyl (C=O) groups is 1. The fourth-order valence-electron chi connectivity index (χ4n) is 2.51. The summed E-state index contributed by atoms with van der Waals surface area (Å²) in [5.74, 6) is 0.210. The average molecular weight is 207 g/mol. The van der Waals surface area contributed by atoms with Gasteiger partial charge in [-0.25, -0.2) is 0 Å². The van der Waals surface area contributed by atoms with Crippen LogP contribution in [0.5, 0.6) is 0 Å².